The Bertz CT molecular complexity index is 1040. The van der Waals surface area contributed by atoms with Gasteiger partial charge in [-0.15, -0.1) is 11.8 Å². The summed E-state index contributed by atoms with van der Waals surface area (Å²) >= 11 is 7.79. The van der Waals surface area contributed by atoms with Gasteiger partial charge in [-0.25, -0.2) is 0 Å². The monoisotopic (exact) mass is 446 g/mol. The Morgan fingerprint density at radius 1 is 1.24 bits per heavy atom. The van der Waals surface area contributed by atoms with Crippen molar-refractivity contribution >= 4 is 63.4 Å². The summed E-state index contributed by atoms with van der Waals surface area (Å²) in [5.74, 6) is 0.124. The van der Waals surface area contributed by atoms with E-state index in [4.69, 9.17) is 17.3 Å². The molecule has 9 heteroatoms. The number of thioether (sulfide) groups is 2. The molecular weight excluding hydrogens is 428 g/mol. The van der Waals surface area contributed by atoms with Crippen molar-refractivity contribution in [1.82, 2.24) is 0 Å². The molecule has 1 saturated heterocycles. The number of hydrogen-bond donors (Lipinski definition) is 1. The molecule has 0 saturated carbocycles. The summed E-state index contributed by atoms with van der Waals surface area (Å²) < 4.78 is 0.425. The summed E-state index contributed by atoms with van der Waals surface area (Å²) in [6.07, 6.45) is 1.62. The molecule has 1 aliphatic heterocycles. The Morgan fingerprint density at radius 2 is 2.00 bits per heavy atom. The molecule has 0 aliphatic carbocycles. The van der Waals surface area contributed by atoms with Crippen LogP contribution < -0.4 is 4.90 Å². The molecule has 0 aromatic heterocycles. The number of carbonyl (C=O) groups is 1. The standard InChI is InChI=1S/C20H18N2O4S3/c1-12-3-5-15(9-13(12)2)21-19(24)18(29-20(21)27)11-14-4-6-17(28-8-7-23)16(10-14)22(25)26/h3-6,9-11,23H,7-8H2,1-2H3. The molecule has 29 heavy (non-hydrogen) atoms. The van der Waals surface area contributed by atoms with Crippen LogP contribution in [0.15, 0.2) is 46.2 Å². The van der Waals surface area contributed by atoms with Crippen molar-refractivity contribution < 1.29 is 14.8 Å². The zero-order valence-electron chi connectivity index (χ0n) is 15.7. The van der Waals surface area contributed by atoms with Crippen LogP contribution >= 0.6 is 35.7 Å². The summed E-state index contributed by atoms with van der Waals surface area (Å²) in [6, 6.07) is 10.5. The Balaban J connectivity index is 1.92. The highest BCUT2D eigenvalue weighted by molar-refractivity contribution is 8.27. The molecule has 1 heterocycles. The normalized spacial score (nSPS) is 15.4. The number of thiocarbonyl (C=S) groups is 1. The van der Waals surface area contributed by atoms with E-state index >= 15 is 0 Å². The highest BCUT2D eigenvalue weighted by atomic mass is 32.2. The largest absolute Gasteiger partial charge is 0.396 e. The number of hydrogen-bond acceptors (Lipinski definition) is 7. The van der Waals surface area contributed by atoms with Gasteiger partial charge in [-0.3, -0.25) is 19.8 Å². The van der Waals surface area contributed by atoms with Gasteiger partial charge < -0.3 is 5.11 Å². The maximum absolute atomic E-state index is 12.9. The third kappa shape index (κ3) is 4.69. The van der Waals surface area contributed by atoms with E-state index in [9.17, 15) is 14.9 Å². The minimum Gasteiger partial charge on any atom is -0.396 e. The first kappa shape index (κ1) is 21.5. The summed E-state index contributed by atoms with van der Waals surface area (Å²) in [5, 5.41) is 20.3. The summed E-state index contributed by atoms with van der Waals surface area (Å²) in [5.41, 5.74) is 3.39. The lowest BCUT2D eigenvalue weighted by atomic mass is 10.1. The first-order valence-corrected chi connectivity index (χ1v) is 10.9. The molecule has 6 nitrogen and oxygen atoms in total. The van der Waals surface area contributed by atoms with Gasteiger partial charge in [-0.1, -0.05) is 36.1 Å². The number of nitrogens with zero attached hydrogens (tertiary/aromatic N) is 2. The third-order valence-electron chi connectivity index (χ3n) is 4.37. The van der Waals surface area contributed by atoms with E-state index in [-0.39, 0.29) is 18.2 Å². The summed E-state index contributed by atoms with van der Waals surface area (Å²) in [4.78, 5) is 26.2. The average Bonchev–Trinajstić information content (AvgIpc) is 2.96. The number of nitro benzene ring substituents is 1. The van der Waals surface area contributed by atoms with Crippen LogP contribution in [0, 0.1) is 24.0 Å². The lowest BCUT2D eigenvalue weighted by molar-refractivity contribution is -0.387. The summed E-state index contributed by atoms with van der Waals surface area (Å²) in [6.45, 7) is 3.91. The van der Waals surface area contributed by atoms with Crippen LogP contribution in [0.25, 0.3) is 6.08 Å². The second-order valence-electron chi connectivity index (χ2n) is 6.34. The van der Waals surface area contributed by atoms with E-state index in [0.29, 0.717) is 31.1 Å². The molecular formula is C20H18N2O4S3. The van der Waals surface area contributed by atoms with Crippen LogP contribution in [0.2, 0.25) is 0 Å². The number of benzene rings is 2. The maximum atomic E-state index is 12.9. The van der Waals surface area contributed by atoms with E-state index in [1.165, 1.54) is 34.5 Å². The zero-order valence-corrected chi connectivity index (χ0v) is 18.2. The average molecular weight is 447 g/mol. The molecule has 1 N–H and O–H groups in total. The van der Waals surface area contributed by atoms with Gasteiger partial charge in [-0.2, -0.15) is 0 Å². The topological polar surface area (TPSA) is 83.7 Å². The molecule has 1 fully saturated rings. The van der Waals surface area contributed by atoms with Gasteiger partial charge in [0.2, 0.25) is 0 Å². The number of aliphatic hydroxyl groups is 1. The van der Waals surface area contributed by atoms with Gasteiger partial charge in [0.15, 0.2) is 4.32 Å². The van der Waals surface area contributed by atoms with Crippen LogP contribution in [0.4, 0.5) is 11.4 Å². The van der Waals surface area contributed by atoms with Crippen molar-refractivity contribution in [3.8, 4) is 0 Å². The fraction of sp³-hybridized carbons (Fsp3) is 0.200. The summed E-state index contributed by atoms with van der Waals surface area (Å²) in [7, 11) is 0. The molecule has 1 amide bonds. The Labute approximate surface area is 182 Å². The first-order valence-electron chi connectivity index (χ1n) is 8.69. The van der Waals surface area contributed by atoms with Crippen molar-refractivity contribution in [2.24, 2.45) is 0 Å². The fourth-order valence-corrected chi connectivity index (χ4v) is 4.81. The molecule has 0 spiro atoms. The van der Waals surface area contributed by atoms with E-state index in [1.807, 2.05) is 32.0 Å². The van der Waals surface area contributed by atoms with Gasteiger partial charge in [0.05, 0.1) is 27.0 Å². The Kier molecular flexibility index (Phi) is 6.74. The minimum absolute atomic E-state index is 0.0539. The fourth-order valence-electron chi connectivity index (χ4n) is 2.75. The molecule has 0 bridgehead atoms. The molecule has 0 atom stereocenters. The van der Waals surface area contributed by atoms with Gasteiger partial charge in [0.1, 0.15) is 0 Å². The van der Waals surface area contributed by atoms with Crippen LogP contribution in [0.3, 0.4) is 0 Å². The molecule has 0 radical (unpaired) electrons. The number of amides is 1. The number of rotatable bonds is 6. The van der Waals surface area contributed by atoms with Crippen LogP contribution in [0.1, 0.15) is 16.7 Å². The highest BCUT2D eigenvalue weighted by Gasteiger charge is 2.33. The quantitative estimate of drug-likeness (QED) is 0.226. The van der Waals surface area contributed by atoms with Crippen molar-refractivity contribution in [2.75, 3.05) is 17.3 Å². The number of aryl methyl sites for hydroxylation is 2. The predicted octanol–water partition coefficient (Wildman–Crippen LogP) is 4.70. The Hall–Kier alpha value is -2.20. The number of anilines is 1. The molecule has 0 unspecified atom stereocenters. The lowest BCUT2D eigenvalue weighted by Crippen LogP contribution is -2.27. The SMILES string of the molecule is Cc1ccc(N2C(=O)C(=Cc3ccc(SCCO)c([N+](=O)[O-])c3)SC2=S)cc1C. The second-order valence-corrected chi connectivity index (χ2v) is 9.15. The smallest absolute Gasteiger partial charge is 0.283 e. The number of carbonyl (C=O) groups excluding carboxylic acids is 1. The van der Waals surface area contributed by atoms with E-state index in [1.54, 1.807) is 18.2 Å². The lowest BCUT2D eigenvalue weighted by Gasteiger charge is -2.15. The van der Waals surface area contributed by atoms with Crippen molar-refractivity contribution in [3.05, 3.63) is 68.1 Å². The first-order chi connectivity index (χ1) is 13.8. The Morgan fingerprint density at radius 3 is 2.66 bits per heavy atom. The minimum atomic E-state index is -0.461. The van der Waals surface area contributed by atoms with E-state index in [0.717, 1.165) is 11.1 Å². The highest BCUT2D eigenvalue weighted by Crippen LogP contribution is 2.37. The van der Waals surface area contributed by atoms with Crippen molar-refractivity contribution in [3.63, 3.8) is 0 Å². The van der Waals surface area contributed by atoms with Crippen LogP contribution in [-0.2, 0) is 4.79 Å². The van der Waals surface area contributed by atoms with Gasteiger partial charge >= 0.3 is 0 Å². The molecule has 3 rings (SSSR count). The molecule has 1 aliphatic rings. The second kappa shape index (κ2) is 9.08. The number of aliphatic hydroxyl groups excluding tert-OH is 1. The predicted molar refractivity (Wildman–Crippen MR) is 122 cm³/mol. The van der Waals surface area contributed by atoms with Crippen molar-refractivity contribution in [2.45, 2.75) is 18.7 Å². The maximum Gasteiger partial charge on any atom is 0.283 e. The van der Waals surface area contributed by atoms with Gasteiger partial charge in [-0.05, 0) is 54.8 Å². The van der Waals surface area contributed by atoms with Gasteiger partial charge in [0.25, 0.3) is 11.6 Å². The molecule has 2 aromatic rings. The van der Waals surface area contributed by atoms with E-state index < -0.39 is 4.92 Å². The molecule has 2 aromatic carbocycles. The van der Waals surface area contributed by atoms with Crippen LogP contribution in [0.5, 0.6) is 0 Å². The number of nitro groups is 1. The van der Waals surface area contributed by atoms with Crippen LogP contribution in [-0.4, -0.2) is 32.6 Å². The van der Waals surface area contributed by atoms with E-state index in [2.05, 4.69) is 0 Å². The van der Waals surface area contributed by atoms with Gasteiger partial charge in [0, 0.05) is 11.8 Å². The molecule has 150 valence electrons. The third-order valence-corrected chi connectivity index (χ3v) is 6.71. The zero-order chi connectivity index (χ0) is 21.1. The van der Waals surface area contributed by atoms with Crippen molar-refractivity contribution in [1.29, 1.82) is 0 Å².